The normalized spacial score (nSPS) is 11.4. The van der Waals surface area contributed by atoms with Crippen molar-refractivity contribution in [3.63, 3.8) is 0 Å². The Labute approximate surface area is 144 Å². The van der Waals surface area contributed by atoms with Crippen molar-refractivity contribution in [2.24, 2.45) is 5.92 Å². The number of thioether (sulfide) groups is 1. The molecule has 3 nitrogen and oxygen atoms in total. The molecule has 0 fully saturated rings. The van der Waals surface area contributed by atoms with E-state index in [9.17, 15) is 4.79 Å². The van der Waals surface area contributed by atoms with Gasteiger partial charge in [-0.2, -0.15) is 0 Å². The monoisotopic (exact) mass is 344 g/mol. The summed E-state index contributed by atoms with van der Waals surface area (Å²) >= 11 is 3.12. The quantitative estimate of drug-likeness (QED) is 0.476. The SMILES string of the molecule is CC(C)CCn1c(SCc2ccccc2)nc2ccsc2c1=O. The predicted molar refractivity (Wildman–Crippen MR) is 99.3 cm³/mol. The summed E-state index contributed by atoms with van der Waals surface area (Å²) in [5, 5.41) is 2.77. The van der Waals surface area contributed by atoms with E-state index in [0.717, 1.165) is 34.1 Å². The largest absolute Gasteiger partial charge is 0.286 e. The lowest BCUT2D eigenvalue weighted by Crippen LogP contribution is -2.23. The lowest BCUT2D eigenvalue weighted by molar-refractivity contribution is 0.481. The average Bonchev–Trinajstić information content (AvgIpc) is 3.01. The Hall–Kier alpha value is -1.59. The fourth-order valence-corrected chi connectivity index (χ4v) is 4.10. The van der Waals surface area contributed by atoms with E-state index in [4.69, 9.17) is 4.98 Å². The fourth-order valence-electron chi connectivity index (χ4n) is 2.34. The molecule has 2 aromatic heterocycles. The molecule has 0 bridgehead atoms. The minimum absolute atomic E-state index is 0.0983. The van der Waals surface area contributed by atoms with Crippen molar-refractivity contribution < 1.29 is 0 Å². The van der Waals surface area contributed by atoms with E-state index in [-0.39, 0.29) is 5.56 Å². The molecular formula is C18H20N2OS2. The van der Waals surface area contributed by atoms with Crippen LogP contribution >= 0.6 is 23.1 Å². The molecule has 0 saturated carbocycles. The van der Waals surface area contributed by atoms with Gasteiger partial charge in [0.2, 0.25) is 0 Å². The van der Waals surface area contributed by atoms with Gasteiger partial charge in [0.1, 0.15) is 4.70 Å². The van der Waals surface area contributed by atoms with Crippen LogP contribution in [-0.2, 0) is 12.3 Å². The highest BCUT2D eigenvalue weighted by atomic mass is 32.2. The van der Waals surface area contributed by atoms with E-state index in [0.29, 0.717) is 5.92 Å². The van der Waals surface area contributed by atoms with E-state index in [1.54, 1.807) is 11.8 Å². The molecule has 0 aliphatic carbocycles. The van der Waals surface area contributed by atoms with E-state index < -0.39 is 0 Å². The van der Waals surface area contributed by atoms with Crippen LogP contribution in [0.1, 0.15) is 25.8 Å². The summed E-state index contributed by atoms with van der Waals surface area (Å²) in [7, 11) is 0. The lowest BCUT2D eigenvalue weighted by Gasteiger charge is -2.13. The minimum atomic E-state index is 0.0983. The summed E-state index contributed by atoms with van der Waals surface area (Å²) in [5.41, 5.74) is 2.16. The number of nitrogens with zero attached hydrogens (tertiary/aromatic N) is 2. The summed E-state index contributed by atoms with van der Waals surface area (Å²) in [6, 6.07) is 12.2. The highest BCUT2D eigenvalue weighted by Gasteiger charge is 2.13. The molecule has 0 N–H and O–H groups in total. The summed E-state index contributed by atoms with van der Waals surface area (Å²) in [5.74, 6) is 1.39. The standard InChI is InChI=1S/C18H20N2OS2/c1-13(2)8-10-20-17(21)16-15(9-11-22-16)19-18(20)23-12-14-6-4-3-5-7-14/h3-7,9,11,13H,8,10,12H2,1-2H3. The highest BCUT2D eigenvalue weighted by Crippen LogP contribution is 2.24. The molecule has 0 aliphatic rings. The van der Waals surface area contributed by atoms with Crippen molar-refractivity contribution in [2.75, 3.05) is 0 Å². The van der Waals surface area contributed by atoms with Crippen molar-refractivity contribution in [3.8, 4) is 0 Å². The van der Waals surface area contributed by atoms with Gasteiger partial charge in [-0.05, 0) is 29.3 Å². The Morgan fingerprint density at radius 3 is 2.74 bits per heavy atom. The molecule has 0 unspecified atom stereocenters. The third kappa shape index (κ3) is 3.85. The second kappa shape index (κ2) is 7.32. The molecule has 0 spiro atoms. The van der Waals surface area contributed by atoms with Crippen molar-refractivity contribution in [1.82, 2.24) is 9.55 Å². The number of thiophene rings is 1. The van der Waals surface area contributed by atoms with Crippen LogP contribution in [-0.4, -0.2) is 9.55 Å². The van der Waals surface area contributed by atoms with E-state index in [1.165, 1.54) is 16.9 Å². The molecular weight excluding hydrogens is 324 g/mol. The van der Waals surface area contributed by atoms with Crippen LogP contribution in [0, 0.1) is 5.92 Å². The zero-order valence-corrected chi connectivity index (χ0v) is 15.0. The summed E-state index contributed by atoms with van der Waals surface area (Å²) in [6.07, 6.45) is 0.983. The molecule has 0 aliphatic heterocycles. The zero-order chi connectivity index (χ0) is 16.2. The Kier molecular flexibility index (Phi) is 5.18. The van der Waals surface area contributed by atoms with Crippen molar-refractivity contribution >= 4 is 33.3 Å². The molecule has 1 aromatic carbocycles. The fraction of sp³-hybridized carbons (Fsp3) is 0.333. The lowest BCUT2D eigenvalue weighted by atomic mass is 10.1. The molecule has 5 heteroatoms. The summed E-state index contributed by atoms with van der Waals surface area (Å²) in [4.78, 5) is 17.5. The first-order chi connectivity index (χ1) is 11.1. The van der Waals surface area contributed by atoms with E-state index >= 15 is 0 Å². The number of hydrogen-bond donors (Lipinski definition) is 0. The number of aromatic nitrogens is 2. The number of fused-ring (bicyclic) bond motifs is 1. The van der Waals surface area contributed by atoms with Gasteiger partial charge in [-0.3, -0.25) is 9.36 Å². The molecule has 0 atom stereocenters. The van der Waals surface area contributed by atoms with Crippen LogP contribution in [0.15, 0.2) is 51.7 Å². The smallest absolute Gasteiger partial charge is 0.272 e. The average molecular weight is 345 g/mol. The topological polar surface area (TPSA) is 34.9 Å². The third-order valence-corrected chi connectivity index (χ3v) is 5.61. The number of rotatable bonds is 6. The highest BCUT2D eigenvalue weighted by molar-refractivity contribution is 7.98. The first-order valence-corrected chi connectivity index (χ1v) is 9.66. The second-order valence-corrected chi connectivity index (χ2v) is 7.80. The Balaban J connectivity index is 1.92. The Morgan fingerprint density at radius 1 is 1.22 bits per heavy atom. The van der Waals surface area contributed by atoms with Crippen LogP contribution in [0.2, 0.25) is 0 Å². The van der Waals surface area contributed by atoms with Gasteiger partial charge in [-0.1, -0.05) is 55.9 Å². The first-order valence-electron chi connectivity index (χ1n) is 7.80. The number of benzene rings is 1. The predicted octanol–water partition coefficient (Wildman–Crippen LogP) is 4.80. The maximum atomic E-state index is 12.8. The van der Waals surface area contributed by atoms with Gasteiger partial charge in [0.05, 0.1) is 5.52 Å². The Morgan fingerprint density at radius 2 is 2.00 bits per heavy atom. The maximum Gasteiger partial charge on any atom is 0.272 e. The molecule has 0 saturated heterocycles. The molecule has 0 radical (unpaired) electrons. The van der Waals surface area contributed by atoms with Crippen LogP contribution in [0.3, 0.4) is 0 Å². The van der Waals surface area contributed by atoms with Gasteiger partial charge in [0.15, 0.2) is 5.16 Å². The molecule has 2 heterocycles. The van der Waals surface area contributed by atoms with Crippen LogP contribution < -0.4 is 5.56 Å². The van der Waals surface area contributed by atoms with Gasteiger partial charge >= 0.3 is 0 Å². The molecule has 120 valence electrons. The van der Waals surface area contributed by atoms with Crippen molar-refractivity contribution in [1.29, 1.82) is 0 Å². The molecule has 23 heavy (non-hydrogen) atoms. The van der Waals surface area contributed by atoms with Crippen LogP contribution in [0.25, 0.3) is 10.2 Å². The molecule has 3 rings (SSSR count). The molecule has 0 amide bonds. The van der Waals surface area contributed by atoms with Gasteiger partial charge in [0, 0.05) is 12.3 Å². The summed E-state index contributed by atoms with van der Waals surface area (Å²) in [6.45, 7) is 5.09. The minimum Gasteiger partial charge on any atom is -0.286 e. The van der Waals surface area contributed by atoms with Crippen LogP contribution in [0.4, 0.5) is 0 Å². The van der Waals surface area contributed by atoms with Crippen molar-refractivity contribution in [2.45, 2.75) is 37.7 Å². The van der Waals surface area contributed by atoms with Crippen LogP contribution in [0.5, 0.6) is 0 Å². The van der Waals surface area contributed by atoms with E-state index in [1.807, 2.05) is 34.2 Å². The van der Waals surface area contributed by atoms with Gasteiger partial charge in [-0.15, -0.1) is 11.3 Å². The first kappa shape index (κ1) is 16.3. The second-order valence-electron chi connectivity index (χ2n) is 5.94. The summed E-state index contributed by atoms with van der Waals surface area (Å²) < 4.78 is 2.62. The number of hydrogen-bond acceptors (Lipinski definition) is 4. The van der Waals surface area contributed by atoms with Gasteiger partial charge in [-0.25, -0.2) is 4.98 Å². The van der Waals surface area contributed by atoms with Gasteiger partial charge < -0.3 is 0 Å². The zero-order valence-electron chi connectivity index (χ0n) is 13.4. The van der Waals surface area contributed by atoms with E-state index in [2.05, 4.69) is 26.0 Å². The Bertz CT molecular complexity index is 837. The maximum absolute atomic E-state index is 12.8. The molecule has 3 aromatic rings. The third-order valence-electron chi connectivity index (χ3n) is 3.67. The van der Waals surface area contributed by atoms with Gasteiger partial charge in [0.25, 0.3) is 5.56 Å². The van der Waals surface area contributed by atoms with Crippen molar-refractivity contribution in [3.05, 3.63) is 57.7 Å².